The van der Waals surface area contributed by atoms with Crippen molar-refractivity contribution in [2.24, 2.45) is 0 Å². The molecular weight excluding hydrogens is 811 g/mol. The molecule has 11 aromatic carbocycles. The topological polar surface area (TPSA) is 16.4 Å². The molecule has 1 aromatic heterocycles. The van der Waals surface area contributed by atoms with Gasteiger partial charge in [0.1, 0.15) is 11.2 Å². The van der Waals surface area contributed by atoms with Gasteiger partial charge >= 0.3 is 0 Å². The molecule has 14 rings (SSSR count). The highest BCUT2D eigenvalue weighted by molar-refractivity contribution is 6.22. The molecule has 0 saturated heterocycles. The quantitative estimate of drug-likeness (QED) is 0.166. The Hall–Kier alpha value is -8.72. The summed E-state index contributed by atoms with van der Waals surface area (Å²) in [5.41, 5.74) is 22.0. The molecule has 2 aliphatic carbocycles. The van der Waals surface area contributed by atoms with Crippen LogP contribution in [0.25, 0.3) is 88.3 Å². The predicted octanol–water partition coefficient (Wildman–Crippen LogP) is 17.6. The number of nitrogens with zero attached hydrogens (tertiary/aromatic N) is 1. The van der Waals surface area contributed by atoms with Crippen LogP contribution < -0.4 is 4.90 Å². The second-order valence-corrected chi connectivity index (χ2v) is 17.9. The van der Waals surface area contributed by atoms with E-state index < -0.39 is 5.41 Å². The van der Waals surface area contributed by atoms with E-state index in [9.17, 15) is 0 Å². The van der Waals surface area contributed by atoms with Crippen molar-refractivity contribution in [2.45, 2.75) is 5.41 Å². The van der Waals surface area contributed by atoms with Crippen LogP contribution in [0, 0.1) is 0 Å². The van der Waals surface area contributed by atoms with E-state index in [2.05, 4.69) is 254 Å². The molecule has 0 radical (unpaired) electrons. The number of fused-ring (bicyclic) bond motifs is 15. The fraction of sp³-hybridized carbons (Fsp3) is 0.0154. The molecule has 2 heteroatoms. The molecule has 0 fully saturated rings. The molecule has 0 N–H and O–H groups in total. The predicted molar refractivity (Wildman–Crippen MR) is 279 cm³/mol. The van der Waals surface area contributed by atoms with Gasteiger partial charge in [0.05, 0.1) is 16.5 Å². The molecule has 2 nitrogen and oxygen atoms in total. The lowest BCUT2D eigenvalue weighted by Gasteiger charge is -2.32. The van der Waals surface area contributed by atoms with Crippen LogP contribution in [0.5, 0.6) is 0 Å². The first-order valence-electron chi connectivity index (χ1n) is 23.2. The largest absolute Gasteiger partial charge is 0.455 e. The van der Waals surface area contributed by atoms with Gasteiger partial charge in [-0.1, -0.05) is 206 Å². The molecule has 312 valence electrons. The average molecular weight is 852 g/mol. The van der Waals surface area contributed by atoms with Gasteiger partial charge in [0, 0.05) is 22.1 Å². The highest BCUT2D eigenvalue weighted by Gasteiger charge is 2.51. The Labute approximate surface area is 389 Å². The van der Waals surface area contributed by atoms with Gasteiger partial charge in [0.25, 0.3) is 0 Å². The highest BCUT2D eigenvalue weighted by Crippen LogP contribution is 2.63. The minimum Gasteiger partial charge on any atom is -0.455 e. The lowest BCUT2D eigenvalue weighted by atomic mass is 9.70. The van der Waals surface area contributed by atoms with Gasteiger partial charge < -0.3 is 9.32 Å². The molecule has 12 aromatic rings. The van der Waals surface area contributed by atoms with Crippen molar-refractivity contribution < 1.29 is 4.42 Å². The van der Waals surface area contributed by atoms with Crippen molar-refractivity contribution in [3.8, 4) is 55.6 Å². The van der Waals surface area contributed by atoms with Crippen molar-refractivity contribution >= 4 is 49.8 Å². The number of furan rings is 1. The molecule has 0 bridgehead atoms. The van der Waals surface area contributed by atoms with Crippen LogP contribution in [-0.4, -0.2) is 0 Å². The van der Waals surface area contributed by atoms with Crippen molar-refractivity contribution in [2.75, 3.05) is 4.90 Å². The molecule has 0 unspecified atom stereocenters. The SMILES string of the molecule is c1ccc(-c2ccc(-c3cc4c(oc5cccc(N(c6ccc(-c7ccccc7)cc6)c6ccc7c(c6)C6(c8ccccc8-c8ccccc86)c6ccccc6-7)c54)c4ccccc34)cc2)cc1. The van der Waals surface area contributed by atoms with E-state index in [1.54, 1.807) is 0 Å². The minimum absolute atomic E-state index is 0.476. The summed E-state index contributed by atoms with van der Waals surface area (Å²) in [7, 11) is 0. The first-order chi connectivity index (χ1) is 33.2. The standard InChI is InChI=1S/C65H41NO/c1-3-16-42(17-4-1)44-30-32-46(33-31-44)55-41-56-63-61(28-15-29-62(63)67-64(56)54-24-8-7-20-49(54)55)66(47-36-34-45(35-37-47)43-18-5-2-6-19-43)48-38-39-53-52-23-11-14-27-59(52)65(60(53)40-48)57-25-12-9-21-50(57)51-22-10-13-26-58(51)65/h1-41H. The molecule has 1 spiro atoms. The van der Waals surface area contributed by atoms with Crippen LogP contribution in [0.3, 0.4) is 0 Å². The van der Waals surface area contributed by atoms with E-state index >= 15 is 0 Å². The number of anilines is 3. The van der Waals surface area contributed by atoms with Gasteiger partial charge in [-0.15, -0.1) is 0 Å². The summed E-state index contributed by atoms with van der Waals surface area (Å²) in [5.74, 6) is 0. The second-order valence-electron chi connectivity index (χ2n) is 17.9. The molecular formula is C65H41NO. The van der Waals surface area contributed by atoms with E-state index in [1.807, 2.05) is 0 Å². The van der Waals surface area contributed by atoms with Crippen molar-refractivity contribution in [3.05, 3.63) is 271 Å². The number of hydrogen-bond donors (Lipinski definition) is 0. The minimum atomic E-state index is -0.476. The van der Waals surface area contributed by atoms with Gasteiger partial charge in [-0.3, -0.25) is 0 Å². The van der Waals surface area contributed by atoms with Crippen LogP contribution >= 0.6 is 0 Å². The Balaban J connectivity index is 1.02. The molecule has 0 aliphatic heterocycles. The fourth-order valence-corrected chi connectivity index (χ4v) is 11.6. The second kappa shape index (κ2) is 14.7. The zero-order chi connectivity index (χ0) is 44.1. The first kappa shape index (κ1) is 37.6. The summed E-state index contributed by atoms with van der Waals surface area (Å²) < 4.78 is 7.02. The van der Waals surface area contributed by atoms with E-state index in [0.29, 0.717) is 0 Å². The number of rotatable bonds is 6. The smallest absolute Gasteiger partial charge is 0.143 e. The Morgan fingerprint density at radius 3 is 1.39 bits per heavy atom. The molecule has 0 atom stereocenters. The van der Waals surface area contributed by atoms with Crippen LogP contribution in [0.15, 0.2) is 253 Å². The zero-order valence-electron chi connectivity index (χ0n) is 36.5. The van der Waals surface area contributed by atoms with Gasteiger partial charge in [-0.2, -0.15) is 0 Å². The molecule has 0 amide bonds. The van der Waals surface area contributed by atoms with Crippen LogP contribution in [0.2, 0.25) is 0 Å². The zero-order valence-corrected chi connectivity index (χ0v) is 36.5. The highest BCUT2D eigenvalue weighted by atomic mass is 16.3. The normalized spacial score (nSPS) is 12.9. The third-order valence-corrected chi connectivity index (χ3v) is 14.5. The summed E-state index contributed by atoms with van der Waals surface area (Å²) in [5, 5.41) is 4.42. The maximum absolute atomic E-state index is 7.02. The molecule has 0 saturated carbocycles. The van der Waals surface area contributed by atoms with E-state index in [1.165, 1.54) is 77.9 Å². The Morgan fingerprint density at radius 2 is 0.776 bits per heavy atom. The van der Waals surface area contributed by atoms with Gasteiger partial charge in [0.15, 0.2) is 0 Å². The van der Waals surface area contributed by atoms with E-state index in [4.69, 9.17) is 4.42 Å². The van der Waals surface area contributed by atoms with Gasteiger partial charge in [0.2, 0.25) is 0 Å². The summed E-state index contributed by atoms with van der Waals surface area (Å²) in [6.45, 7) is 0. The molecule has 67 heavy (non-hydrogen) atoms. The van der Waals surface area contributed by atoms with Crippen LogP contribution in [0.4, 0.5) is 17.1 Å². The van der Waals surface area contributed by atoms with Crippen molar-refractivity contribution in [1.82, 2.24) is 0 Å². The Bertz CT molecular complexity index is 3840. The lowest BCUT2D eigenvalue weighted by molar-refractivity contribution is 0.672. The number of benzene rings is 11. The monoisotopic (exact) mass is 851 g/mol. The number of hydrogen-bond acceptors (Lipinski definition) is 2. The average Bonchev–Trinajstić information content (AvgIpc) is 4.04. The summed E-state index contributed by atoms with van der Waals surface area (Å²) >= 11 is 0. The van der Waals surface area contributed by atoms with Crippen LogP contribution in [0.1, 0.15) is 22.3 Å². The molecule has 2 aliphatic rings. The van der Waals surface area contributed by atoms with E-state index in [-0.39, 0.29) is 0 Å². The van der Waals surface area contributed by atoms with E-state index in [0.717, 1.165) is 49.8 Å². The Morgan fingerprint density at radius 1 is 0.299 bits per heavy atom. The maximum atomic E-state index is 7.02. The lowest BCUT2D eigenvalue weighted by Crippen LogP contribution is -2.26. The Kier molecular flexibility index (Phi) is 8.23. The molecule has 1 heterocycles. The van der Waals surface area contributed by atoms with Gasteiger partial charge in [-0.25, -0.2) is 0 Å². The van der Waals surface area contributed by atoms with Gasteiger partial charge in [-0.05, 0) is 126 Å². The maximum Gasteiger partial charge on any atom is 0.143 e. The first-order valence-corrected chi connectivity index (χ1v) is 23.2. The summed E-state index contributed by atoms with van der Waals surface area (Å²) in [6.07, 6.45) is 0. The third kappa shape index (κ3) is 5.51. The third-order valence-electron chi connectivity index (χ3n) is 14.5. The van der Waals surface area contributed by atoms with Crippen molar-refractivity contribution in [3.63, 3.8) is 0 Å². The van der Waals surface area contributed by atoms with Crippen LogP contribution in [-0.2, 0) is 5.41 Å². The fourth-order valence-electron chi connectivity index (χ4n) is 11.6. The summed E-state index contributed by atoms with van der Waals surface area (Å²) in [6, 6.07) is 91.2. The van der Waals surface area contributed by atoms with Crippen molar-refractivity contribution in [1.29, 1.82) is 0 Å². The summed E-state index contributed by atoms with van der Waals surface area (Å²) in [4.78, 5) is 2.46.